The molecule has 4 nitrogen and oxygen atoms in total. The Balaban J connectivity index is 1.75. The first-order valence-corrected chi connectivity index (χ1v) is 7.30. The Hall–Kier alpha value is -2.36. The fourth-order valence-electron chi connectivity index (χ4n) is 2.74. The van der Waals surface area contributed by atoms with E-state index in [2.05, 4.69) is 33.9 Å². The van der Waals surface area contributed by atoms with Gasteiger partial charge in [0.25, 0.3) is 0 Å². The summed E-state index contributed by atoms with van der Waals surface area (Å²) < 4.78 is 7.25. The van der Waals surface area contributed by atoms with Crippen LogP contribution in [-0.4, -0.2) is 21.9 Å². The number of benzene rings is 1. The zero-order chi connectivity index (χ0) is 14.2. The quantitative estimate of drug-likeness (QED) is 0.735. The van der Waals surface area contributed by atoms with E-state index in [9.17, 15) is 0 Å². The van der Waals surface area contributed by atoms with Crippen molar-refractivity contribution in [1.29, 1.82) is 0 Å². The number of aromatic nitrogens is 3. The molecule has 0 amide bonds. The molecule has 2 heterocycles. The summed E-state index contributed by atoms with van der Waals surface area (Å²) in [5.41, 5.74) is 3.39. The van der Waals surface area contributed by atoms with Crippen LogP contribution in [0.2, 0.25) is 0 Å². The van der Waals surface area contributed by atoms with Gasteiger partial charge in [-0.05, 0) is 25.0 Å². The van der Waals surface area contributed by atoms with Gasteiger partial charge in [-0.3, -0.25) is 4.68 Å². The van der Waals surface area contributed by atoms with Gasteiger partial charge in [0.1, 0.15) is 0 Å². The number of hydrogen-bond donors (Lipinski definition) is 0. The largest absolute Gasteiger partial charge is 0.481 e. The fourth-order valence-corrected chi connectivity index (χ4v) is 2.74. The molecule has 1 aromatic carbocycles. The molecule has 0 N–H and O–H groups in total. The van der Waals surface area contributed by atoms with Crippen LogP contribution in [0.3, 0.4) is 0 Å². The van der Waals surface area contributed by atoms with Crippen molar-refractivity contribution in [1.82, 2.24) is 14.8 Å². The van der Waals surface area contributed by atoms with Gasteiger partial charge in [-0.1, -0.05) is 24.3 Å². The minimum Gasteiger partial charge on any atom is -0.481 e. The molecule has 2 aromatic heterocycles. The molecule has 1 saturated carbocycles. The number of hydrogen-bond acceptors (Lipinski definition) is 3. The highest BCUT2D eigenvalue weighted by Gasteiger charge is 2.28. The first kappa shape index (κ1) is 12.4. The summed E-state index contributed by atoms with van der Waals surface area (Å²) in [5, 5.41) is 6.12. The Morgan fingerprint density at radius 2 is 2.00 bits per heavy atom. The van der Waals surface area contributed by atoms with Crippen molar-refractivity contribution in [3.05, 3.63) is 53.9 Å². The molecule has 21 heavy (non-hydrogen) atoms. The molecule has 1 fully saturated rings. The van der Waals surface area contributed by atoms with Crippen LogP contribution in [0.5, 0.6) is 5.88 Å². The zero-order valence-corrected chi connectivity index (χ0v) is 12.0. The number of para-hydroxylation sites is 1. The van der Waals surface area contributed by atoms with Gasteiger partial charge in [0.2, 0.25) is 5.88 Å². The van der Waals surface area contributed by atoms with Crippen molar-refractivity contribution >= 4 is 10.9 Å². The average molecular weight is 279 g/mol. The molecule has 3 aromatic rings. The van der Waals surface area contributed by atoms with E-state index in [4.69, 9.17) is 9.84 Å². The van der Waals surface area contributed by atoms with Crippen molar-refractivity contribution in [2.45, 2.75) is 25.3 Å². The minimum atomic E-state index is 0.645. The van der Waals surface area contributed by atoms with Gasteiger partial charge in [0.05, 0.1) is 30.6 Å². The third kappa shape index (κ3) is 2.27. The van der Waals surface area contributed by atoms with Gasteiger partial charge in [0.15, 0.2) is 0 Å². The monoisotopic (exact) mass is 279 g/mol. The van der Waals surface area contributed by atoms with Crippen LogP contribution in [-0.2, 0) is 6.54 Å². The van der Waals surface area contributed by atoms with E-state index in [-0.39, 0.29) is 0 Å². The number of rotatable bonds is 4. The van der Waals surface area contributed by atoms with Crippen molar-refractivity contribution in [2.24, 2.45) is 0 Å². The summed E-state index contributed by atoms with van der Waals surface area (Å²) in [6.07, 6.45) is 2.52. The van der Waals surface area contributed by atoms with E-state index in [0.29, 0.717) is 18.3 Å². The molecule has 0 saturated heterocycles. The Kier molecular flexibility index (Phi) is 2.88. The molecule has 106 valence electrons. The SMILES string of the molecule is COc1cccc(Cn2nc(C3CC3)c3ccccc32)n1. The van der Waals surface area contributed by atoms with Crippen LogP contribution in [0.1, 0.15) is 30.1 Å². The highest BCUT2D eigenvalue weighted by molar-refractivity contribution is 5.82. The Morgan fingerprint density at radius 1 is 1.14 bits per heavy atom. The molecule has 0 unspecified atom stereocenters. The Morgan fingerprint density at radius 3 is 2.81 bits per heavy atom. The summed E-state index contributed by atoms with van der Waals surface area (Å²) in [6.45, 7) is 0.671. The summed E-state index contributed by atoms with van der Waals surface area (Å²) in [5.74, 6) is 1.29. The zero-order valence-electron chi connectivity index (χ0n) is 12.0. The summed E-state index contributed by atoms with van der Waals surface area (Å²) in [4.78, 5) is 4.48. The maximum absolute atomic E-state index is 5.19. The summed E-state index contributed by atoms with van der Waals surface area (Å²) >= 11 is 0. The molecule has 0 aliphatic heterocycles. The molecule has 0 bridgehead atoms. The molecular formula is C17H17N3O. The topological polar surface area (TPSA) is 39.9 Å². The van der Waals surface area contributed by atoms with E-state index in [1.807, 2.05) is 18.2 Å². The maximum atomic E-state index is 5.19. The molecule has 4 rings (SSSR count). The van der Waals surface area contributed by atoms with E-state index >= 15 is 0 Å². The normalized spacial score (nSPS) is 14.5. The highest BCUT2D eigenvalue weighted by atomic mass is 16.5. The van der Waals surface area contributed by atoms with Crippen LogP contribution in [0.25, 0.3) is 10.9 Å². The first-order valence-electron chi connectivity index (χ1n) is 7.30. The van der Waals surface area contributed by atoms with Gasteiger partial charge >= 0.3 is 0 Å². The van der Waals surface area contributed by atoms with Crippen molar-refractivity contribution in [2.75, 3.05) is 7.11 Å². The standard InChI is InChI=1S/C17H17N3O/c1-21-16-8-4-5-13(18-16)11-20-15-7-3-2-6-14(15)17(19-20)12-9-10-12/h2-8,12H,9-11H2,1H3. The van der Waals surface area contributed by atoms with Crippen LogP contribution < -0.4 is 4.74 Å². The van der Waals surface area contributed by atoms with Gasteiger partial charge in [-0.2, -0.15) is 5.10 Å². The number of pyridine rings is 1. The van der Waals surface area contributed by atoms with Crippen LogP contribution in [0, 0.1) is 0 Å². The third-order valence-electron chi connectivity index (χ3n) is 3.95. The predicted octanol–water partition coefficient (Wildman–Crippen LogP) is 3.37. The number of ether oxygens (including phenoxy) is 1. The van der Waals surface area contributed by atoms with Gasteiger partial charge in [0, 0.05) is 17.4 Å². The molecule has 0 spiro atoms. The van der Waals surface area contributed by atoms with E-state index in [1.54, 1.807) is 7.11 Å². The summed E-state index contributed by atoms with van der Waals surface area (Å²) in [7, 11) is 1.64. The van der Waals surface area contributed by atoms with Crippen molar-refractivity contribution in [3.63, 3.8) is 0 Å². The lowest BCUT2D eigenvalue weighted by Crippen LogP contribution is -2.04. The number of methoxy groups -OCH3 is 1. The number of fused-ring (bicyclic) bond motifs is 1. The van der Waals surface area contributed by atoms with E-state index in [1.165, 1.54) is 29.4 Å². The average Bonchev–Trinajstić information content (AvgIpc) is 3.31. The van der Waals surface area contributed by atoms with Crippen molar-refractivity contribution < 1.29 is 4.74 Å². The second-order valence-corrected chi connectivity index (χ2v) is 5.51. The third-order valence-corrected chi connectivity index (χ3v) is 3.95. The van der Waals surface area contributed by atoms with Crippen LogP contribution >= 0.6 is 0 Å². The molecule has 1 aliphatic rings. The first-order chi connectivity index (χ1) is 10.3. The molecule has 4 heteroatoms. The van der Waals surface area contributed by atoms with E-state index < -0.39 is 0 Å². The second-order valence-electron chi connectivity index (χ2n) is 5.51. The predicted molar refractivity (Wildman–Crippen MR) is 81.6 cm³/mol. The van der Waals surface area contributed by atoms with E-state index in [0.717, 1.165) is 5.69 Å². The lowest BCUT2D eigenvalue weighted by Gasteiger charge is -2.05. The summed E-state index contributed by atoms with van der Waals surface area (Å²) in [6, 6.07) is 14.3. The van der Waals surface area contributed by atoms with Crippen LogP contribution in [0.4, 0.5) is 0 Å². The number of nitrogens with zero attached hydrogens (tertiary/aromatic N) is 3. The van der Waals surface area contributed by atoms with Crippen molar-refractivity contribution in [3.8, 4) is 5.88 Å². The molecule has 1 aliphatic carbocycles. The molecular weight excluding hydrogens is 262 g/mol. The highest BCUT2D eigenvalue weighted by Crippen LogP contribution is 2.42. The lowest BCUT2D eigenvalue weighted by molar-refractivity contribution is 0.395. The second kappa shape index (κ2) is 4.88. The molecule has 0 atom stereocenters. The lowest BCUT2D eigenvalue weighted by atomic mass is 10.1. The fraction of sp³-hybridized carbons (Fsp3) is 0.294. The Bertz CT molecular complexity index is 790. The maximum Gasteiger partial charge on any atom is 0.213 e. The minimum absolute atomic E-state index is 0.645. The van der Waals surface area contributed by atoms with Gasteiger partial charge in [-0.25, -0.2) is 4.98 Å². The van der Waals surface area contributed by atoms with Gasteiger partial charge in [-0.15, -0.1) is 0 Å². The molecule has 0 radical (unpaired) electrons. The van der Waals surface area contributed by atoms with Crippen LogP contribution in [0.15, 0.2) is 42.5 Å². The Labute approximate surface area is 123 Å². The smallest absolute Gasteiger partial charge is 0.213 e. The van der Waals surface area contributed by atoms with Gasteiger partial charge < -0.3 is 4.74 Å².